The van der Waals surface area contributed by atoms with E-state index in [-0.39, 0.29) is 11.4 Å². The minimum atomic E-state index is -3.84. The van der Waals surface area contributed by atoms with Gasteiger partial charge in [-0.3, -0.25) is 0 Å². The van der Waals surface area contributed by atoms with Crippen molar-refractivity contribution in [2.45, 2.75) is 24.3 Å². The third kappa shape index (κ3) is 2.63. The Bertz CT molecular complexity index is 592. The average Bonchev–Trinajstić information content (AvgIpc) is 2.38. The fourth-order valence-corrected chi connectivity index (χ4v) is 3.12. The molecule has 1 aromatic carbocycles. The molecule has 6 heteroatoms. The van der Waals surface area contributed by atoms with Crippen LogP contribution in [-0.4, -0.2) is 31.5 Å². The summed E-state index contributed by atoms with van der Waals surface area (Å²) in [7, 11) is -3.84. The standard InChI is InChI=1S/C13H15NO4S/c1-3-11-8-9-14(13(15)18-11)19(16,17)12-6-4-10(2)5-7-12/h3-7,11H,1,8-9H2,2H3. The smallest absolute Gasteiger partial charge is 0.424 e. The Morgan fingerprint density at radius 1 is 1.37 bits per heavy atom. The lowest BCUT2D eigenvalue weighted by Gasteiger charge is -2.29. The molecule has 1 unspecified atom stereocenters. The van der Waals surface area contributed by atoms with Gasteiger partial charge in [-0.05, 0) is 19.1 Å². The Kier molecular flexibility index (Phi) is 3.61. The molecule has 1 heterocycles. The third-order valence-corrected chi connectivity index (χ3v) is 4.72. The van der Waals surface area contributed by atoms with E-state index in [4.69, 9.17) is 4.74 Å². The normalized spacial score (nSPS) is 19.9. The van der Waals surface area contributed by atoms with Crippen molar-refractivity contribution in [2.24, 2.45) is 0 Å². The van der Waals surface area contributed by atoms with E-state index in [1.54, 1.807) is 12.1 Å². The maximum absolute atomic E-state index is 12.3. The molecule has 1 saturated heterocycles. The second-order valence-electron chi connectivity index (χ2n) is 4.34. The first-order valence-electron chi connectivity index (χ1n) is 5.88. The van der Waals surface area contributed by atoms with Gasteiger partial charge in [0.25, 0.3) is 10.0 Å². The average molecular weight is 281 g/mol. The van der Waals surface area contributed by atoms with Gasteiger partial charge in [0.05, 0.1) is 4.90 Å². The van der Waals surface area contributed by atoms with Crippen molar-refractivity contribution in [3.63, 3.8) is 0 Å². The summed E-state index contributed by atoms with van der Waals surface area (Å²) in [5.74, 6) is 0. The molecule has 0 N–H and O–H groups in total. The van der Waals surface area contributed by atoms with Crippen LogP contribution in [0.1, 0.15) is 12.0 Å². The van der Waals surface area contributed by atoms with Gasteiger partial charge >= 0.3 is 6.09 Å². The van der Waals surface area contributed by atoms with Gasteiger partial charge in [0.15, 0.2) is 0 Å². The van der Waals surface area contributed by atoms with Crippen LogP contribution in [0.2, 0.25) is 0 Å². The van der Waals surface area contributed by atoms with Crippen LogP contribution in [0.4, 0.5) is 4.79 Å². The predicted octanol–water partition coefficient (Wildman–Crippen LogP) is 2.08. The second kappa shape index (κ2) is 5.05. The van der Waals surface area contributed by atoms with Gasteiger partial charge in [0.2, 0.25) is 0 Å². The summed E-state index contributed by atoms with van der Waals surface area (Å²) in [6, 6.07) is 6.35. The molecule has 0 spiro atoms. The van der Waals surface area contributed by atoms with Crippen LogP contribution in [0.25, 0.3) is 0 Å². The summed E-state index contributed by atoms with van der Waals surface area (Å²) in [6.07, 6.45) is 0.641. The van der Waals surface area contributed by atoms with E-state index < -0.39 is 22.2 Å². The van der Waals surface area contributed by atoms with Crippen molar-refractivity contribution < 1.29 is 17.9 Å². The van der Waals surface area contributed by atoms with E-state index in [0.29, 0.717) is 6.42 Å². The number of aryl methyl sites for hydroxylation is 1. The number of benzene rings is 1. The minimum absolute atomic E-state index is 0.0899. The molecule has 0 aromatic heterocycles. The summed E-state index contributed by atoms with van der Waals surface area (Å²) in [5, 5.41) is 0. The van der Waals surface area contributed by atoms with Crippen molar-refractivity contribution in [1.29, 1.82) is 0 Å². The van der Waals surface area contributed by atoms with Gasteiger partial charge in [-0.1, -0.05) is 30.4 Å². The van der Waals surface area contributed by atoms with Crippen LogP contribution in [0.15, 0.2) is 41.8 Å². The van der Waals surface area contributed by atoms with Crippen molar-refractivity contribution in [3.8, 4) is 0 Å². The molecule has 1 atom stereocenters. The highest BCUT2D eigenvalue weighted by Crippen LogP contribution is 2.22. The minimum Gasteiger partial charge on any atom is -0.441 e. The van der Waals surface area contributed by atoms with Crippen LogP contribution in [0, 0.1) is 6.92 Å². The molecule has 0 saturated carbocycles. The molecule has 1 aromatic rings. The Morgan fingerprint density at radius 2 is 2.00 bits per heavy atom. The second-order valence-corrected chi connectivity index (χ2v) is 6.20. The van der Waals surface area contributed by atoms with E-state index in [0.717, 1.165) is 9.87 Å². The molecule has 102 valence electrons. The van der Waals surface area contributed by atoms with Crippen LogP contribution in [0.3, 0.4) is 0 Å². The fraction of sp³-hybridized carbons (Fsp3) is 0.308. The van der Waals surface area contributed by atoms with E-state index in [9.17, 15) is 13.2 Å². The summed E-state index contributed by atoms with van der Waals surface area (Å²) in [6.45, 7) is 5.49. The van der Waals surface area contributed by atoms with E-state index >= 15 is 0 Å². The topological polar surface area (TPSA) is 63.7 Å². The summed E-state index contributed by atoms with van der Waals surface area (Å²) < 4.78 is 30.3. The fourth-order valence-electron chi connectivity index (χ4n) is 1.80. The molecule has 1 amide bonds. The van der Waals surface area contributed by atoms with Gasteiger partial charge in [-0.15, -0.1) is 0 Å². The Labute approximate surface area is 112 Å². The van der Waals surface area contributed by atoms with Gasteiger partial charge in [0, 0.05) is 13.0 Å². The van der Waals surface area contributed by atoms with Crippen LogP contribution < -0.4 is 0 Å². The number of cyclic esters (lactones) is 1. The van der Waals surface area contributed by atoms with Crippen LogP contribution >= 0.6 is 0 Å². The number of nitrogens with zero attached hydrogens (tertiary/aromatic N) is 1. The number of sulfonamides is 1. The first-order chi connectivity index (χ1) is 8.95. The zero-order chi connectivity index (χ0) is 14.0. The summed E-state index contributed by atoms with van der Waals surface area (Å²) in [5.41, 5.74) is 0.951. The van der Waals surface area contributed by atoms with E-state index in [2.05, 4.69) is 6.58 Å². The zero-order valence-corrected chi connectivity index (χ0v) is 11.4. The highest BCUT2D eigenvalue weighted by atomic mass is 32.2. The van der Waals surface area contributed by atoms with Crippen molar-refractivity contribution in [1.82, 2.24) is 4.31 Å². The Balaban J connectivity index is 2.28. The number of carbonyl (C=O) groups is 1. The summed E-state index contributed by atoms with van der Waals surface area (Å²) in [4.78, 5) is 11.8. The van der Waals surface area contributed by atoms with Gasteiger partial charge < -0.3 is 4.74 Å². The molecule has 0 aliphatic carbocycles. The van der Waals surface area contributed by atoms with E-state index in [1.165, 1.54) is 18.2 Å². The lowest BCUT2D eigenvalue weighted by molar-refractivity contribution is 0.0708. The highest BCUT2D eigenvalue weighted by molar-refractivity contribution is 7.89. The first kappa shape index (κ1) is 13.6. The molecule has 1 aliphatic rings. The number of ether oxygens (including phenoxy) is 1. The molecule has 2 rings (SSSR count). The van der Waals surface area contributed by atoms with Gasteiger partial charge in [-0.2, -0.15) is 0 Å². The Hall–Kier alpha value is -1.82. The molecular formula is C13H15NO4S. The molecule has 0 radical (unpaired) electrons. The number of amides is 1. The van der Waals surface area contributed by atoms with Gasteiger partial charge in [-0.25, -0.2) is 17.5 Å². The molecule has 1 fully saturated rings. The molecule has 19 heavy (non-hydrogen) atoms. The SMILES string of the molecule is C=CC1CCN(S(=O)(=O)c2ccc(C)cc2)C(=O)O1. The predicted molar refractivity (Wildman–Crippen MR) is 70.2 cm³/mol. The number of carbonyl (C=O) groups excluding carboxylic acids is 1. The number of rotatable bonds is 3. The van der Waals surface area contributed by atoms with Crippen LogP contribution in [0.5, 0.6) is 0 Å². The highest BCUT2D eigenvalue weighted by Gasteiger charge is 2.35. The zero-order valence-electron chi connectivity index (χ0n) is 10.6. The number of hydrogen-bond donors (Lipinski definition) is 0. The lowest BCUT2D eigenvalue weighted by Crippen LogP contribution is -2.44. The maximum Gasteiger partial charge on any atom is 0.424 e. The molecular weight excluding hydrogens is 266 g/mol. The Morgan fingerprint density at radius 3 is 2.53 bits per heavy atom. The van der Waals surface area contributed by atoms with Gasteiger partial charge in [0.1, 0.15) is 6.10 Å². The van der Waals surface area contributed by atoms with Crippen molar-refractivity contribution >= 4 is 16.1 Å². The first-order valence-corrected chi connectivity index (χ1v) is 7.32. The largest absolute Gasteiger partial charge is 0.441 e. The number of hydrogen-bond acceptors (Lipinski definition) is 4. The van der Waals surface area contributed by atoms with E-state index in [1.807, 2.05) is 6.92 Å². The molecule has 0 bridgehead atoms. The lowest BCUT2D eigenvalue weighted by atomic mass is 10.2. The molecule has 5 nitrogen and oxygen atoms in total. The summed E-state index contributed by atoms with van der Waals surface area (Å²) >= 11 is 0. The van der Waals surface area contributed by atoms with Crippen molar-refractivity contribution in [2.75, 3.05) is 6.54 Å². The van der Waals surface area contributed by atoms with Crippen LogP contribution in [-0.2, 0) is 14.8 Å². The monoisotopic (exact) mass is 281 g/mol. The third-order valence-electron chi connectivity index (χ3n) is 2.94. The maximum atomic E-state index is 12.3. The van der Waals surface area contributed by atoms with Crippen molar-refractivity contribution in [3.05, 3.63) is 42.5 Å². The molecule has 1 aliphatic heterocycles. The quantitative estimate of drug-likeness (QED) is 0.796.